The van der Waals surface area contributed by atoms with Crippen LogP contribution in [0.1, 0.15) is 22.0 Å². The van der Waals surface area contributed by atoms with E-state index in [-0.39, 0.29) is 23.6 Å². The average molecular weight is 426 g/mol. The van der Waals surface area contributed by atoms with E-state index < -0.39 is 7.82 Å². The number of aryl methyl sites for hydroxylation is 1. The van der Waals surface area contributed by atoms with Gasteiger partial charge in [-0.25, -0.2) is 14.5 Å². The molecule has 0 spiro atoms. The average Bonchev–Trinajstić information content (AvgIpc) is 2.73. The maximum atomic E-state index is 10.7. The summed E-state index contributed by atoms with van der Waals surface area (Å²) in [4.78, 5) is 26.6. The molecular weight excluding hydrogens is 407 g/mol. The van der Waals surface area contributed by atoms with Crippen LogP contribution in [-0.2, 0) is 22.1 Å². The van der Waals surface area contributed by atoms with Crippen LogP contribution < -0.4 is 10.3 Å². The first-order chi connectivity index (χ1) is 10.3. The molecule has 0 saturated heterocycles. The normalized spacial score (nSPS) is 11.3. The molecule has 0 fully saturated rings. The van der Waals surface area contributed by atoms with Crippen LogP contribution in [0.15, 0.2) is 11.7 Å². The van der Waals surface area contributed by atoms with Gasteiger partial charge in [0, 0.05) is 19.5 Å². The van der Waals surface area contributed by atoms with Crippen molar-refractivity contribution >= 4 is 42.0 Å². The summed E-state index contributed by atoms with van der Waals surface area (Å²) in [6.07, 6.45) is 2.15. The van der Waals surface area contributed by atoms with Crippen molar-refractivity contribution in [3.63, 3.8) is 0 Å². The molecule has 0 bridgehead atoms. The molecule has 4 N–H and O–H groups in total. The van der Waals surface area contributed by atoms with Crippen molar-refractivity contribution in [3.8, 4) is 0 Å². The van der Waals surface area contributed by atoms with Gasteiger partial charge in [-0.15, -0.1) is 17.0 Å². The fourth-order valence-corrected chi connectivity index (χ4v) is 3.23. The Morgan fingerprint density at radius 2 is 2.13 bits per heavy atom. The summed E-state index contributed by atoms with van der Waals surface area (Å²) in [5, 5.41) is 0. The topological polar surface area (TPSA) is 122 Å². The third kappa shape index (κ3) is 5.91. The molecule has 11 heteroatoms. The van der Waals surface area contributed by atoms with Crippen molar-refractivity contribution in [3.05, 3.63) is 33.7 Å². The minimum absolute atomic E-state index is 0. The van der Waals surface area contributed by atoms with Gasteiger partial charge < -0.3 is 15.5 Å². The van der Waals surface area contributed by atoms with Crippen LogP contribution in [0.3, 0.4) is 0 Å². The predicted octanol–water partition coefficient (Wildman–Crippen LogP) is 1.30. The molecule has 8 nitrogen and oxygen atoms in total. The monoisotopic (exact) mass is 425 g/mol. The van der Waals surface area contributed by atoms with Crippen LogP contribution in [0.2, 0.25) is 0 Å². The highest BCUT2D eigenvalue weighted by atomic mass is 79.9. The Morgan fingerprint density at radius 3 is 2.74 bits per heavy atom. The van der Waals surface area contributed by atoms with Gasteiger partial charge in [0.15, 0.2) is 12.2 Å². The number of halogens is 1. The molecule has 0 unspecified atom stereocenters. The Balaban J connectivity index is 0.00000264. The Hall–Kier alpha value is -0.900. The predicted molar refractivity (Wildman–Crippen MR) is 91.6 cm³/mol. The van der Waals surface area contributed by atoms with Gasteiger partial charge in [-0.3, -0.25) is 4.52 Å². The first-order valence-corrected chi connectivity index (χ1v) is 8.92. The summed E-state index contributed by atoms with van der Waals surface area (Å²) in [5.41, 5.74) is 9.65. The van der Waals surface area contributed by atoms with E-state index in [4.69, 9.17) is 15.5 Å². The van der Waals surface area contributed by atoms with E-state index in [1.54, 1.807) is 13.1 Å². The summed E-state index contributed by atoms with van der Waals surface area (Å²) < 4.78 is 17.1. The van der Waals surface area contributed by atoms with Gasteiger partial charge >= 0.3 is 7.82 Å². The lowest BCUT2D eigenvalue weighted by Gasteiger charge is -2.04. The smallest absolute Gasteiger partial charge is 0.383 e. The Kier molecular flexibility index (Phi) is 7.25. The fourth-order valence-electron chi connectivity index (χ4n) is 1.92. The van der Waals surface area contributed by atoms with E-state index in [0.29, 0.717) is 24.6 Å². The maximum absolute atomic E-state index is 10.7. The molecule has 0 saturated carbocycles. The number of nitrogens with two attached hydrogens (primary N) is 1. The molecule has 0 radical (unpaired) electrons. The minimum Gasteiger partial charge on any atom is -0.383 e. The van der Waals surface area contributed by atoms with Crippen LogP contribution in [0.5, 0.6) is 0 Å². The van der Waals surface area contributed by atoms with Crippen LogP contribution in [-0.4, -0.2) is 26.4 Å². The molecular formula is C12H19BrN4O4PS+. The maximum Gasteiger partial charge on any atom is 0.469 e. The SMILES string of the molecule is Br.Cc1ncc(C[n+]2csc(CCOP(=O)(O)O)c2C)c(N)n1. The number of aromatic nitrogens is 3. The van der Waals surface area contributed by atoms with Crippen molar-refractivity contribution in [1.82, 2.24) is 9.97 Å². The van der Waals surface area contributed by atoms with E-state index in [9.17, 15) is 4.57 Å². The van der Waals surface area contributed by atoms with Crippen molar-refractivity contribution < 1.29 is 23.4 Å². The molecule has 128 valence electrons. The number of nitrogens with zero attached hydrogens (tertiary/aromatic N) is 3. The number of rotatable bonds is 6. The lowest BCUT2D eigenvalue weighted by Crippen LogP contribution is -2.35. The third-order valence-electron chi connectivity index (χ3n) is 3.10. The Bertz CT molecular complexity index is 721. The lowest BCUT2D eigenvalue weighted by molar-refractivity contribution is -0.689. The second-order valence-corrected chi connectivity index (χ2v) is 6.94. The van der Waals surface area contributed by atoms with Crippen LogP contribution in [0.25, 0.3) is 0 Å². The molecule has 2 aromatic heterocycles. The number of phosphoric ester groups is 1. The minimum atomic E-state index is -4.41. The van der Waals surface area contributed by atoms with E-state index in [2.05, 4.69) is 14.5 Å². The second-order valence-electron chi connectivity index (χ2n) is 4.76. The zero-order valence-electron chi connectivity index (χ0n) is 12.7. The van der Waals surface area contributed by atoms with Gasteiger partial charge in [-0.05, 0) is 6.92 Å². The van der Waals surface area contributed by atoms with Crippen molar-refractivity contribution in [1.29, 1.82) is 0 Å². The molecule has 2 rings (SSSR count). The number of phosphoric acid groups is 1. The van der Waals surface area contributed by atoms with Crippen molar-refractivity contribution in [2.24, 2.45) is 0 Å². The first kappa shape index (κ1) is 20.1. The molecule has 0 aliphatic heterocycles. The number of hydrogen-bond acceptors (Lipinski definition) is 6. The summed E-state index contributed by atoms with van der Waals surface area (Å²) >= 11 is 1.50. The molecule has 2 heterocycles. The largest absolute Gasteiger partial charge is 0.469 e. The van der Waals surface area contributed by atoms with Crippen molar-refractivity contribution in [2.75, 3.05) is 12.3 Å². The summed E-state index contributed by atoms with van der Waals surface area (Å²) in [6, 6.07) is 0. The number of nitrogen functional groups attached to an aromatic ring is 1. The quantitative estimate of drug-likeness (QED) is 0.470. The number of anilines is 1. The molecule has 0 amide bonds. The van der Waals surface area contributed by atoms with Crippen LogP contribution in [0.4, 0.5) is 5.82 Å². The van der Waals surface area contributed by atoms with Gasteiger partial charge in [0.1, 0.15) is 11.6 Å². The summed E-state index contributed by atoms with van der Waals surface area (Å²) in [6.45, 7) is 4.24. The standard InChI is InChI=1S/C12H17N4O4PS.BrH/c1-8-11(3-4-20-21(17,18)19)22-7-16(8)6-10-5-14-9(2)15-12(10)13;/h5,7H,3-4,6H2,1-2H3,(H3-,13,14,15,17,18,19);1H/p+1. The lowest BCUT2D eigenvalue weighted by atomic mass is 10.2. The van der Waals surface area contributed by atoms with E-state index in [0.717, 1.165) is 16.1 Å². The number of thiazole rings is 1. The third-order valence-corrected chi connectivity index (χ3v) is 4.77. The molecule has 2 aromatic rings. The highest BCUT2D eigenvalue weighted by Crippen LogP contribution is 2.35. The van der Waals surface area contributed by atoms with E-state index >= 15 is 0 Å². The zero-order valence-corrected chi connectivity index (χ0v) is 16.1. The van der Waals surface area contributed by atoms with Gasteiger partial charge in [-0.2, -0.15) is 4.57 Å². The summed E-state index contributed by atoms with van der Waals surface area (Å²) in [7, 11) is -4.41. The van der Waals surface area contributed by atoms with Gasteiger partial charge in [-0.1, -0.05) is 11.3 Å². The molecule has 23 heavy (non-hydrogen) atoms. The fraction of sp³-hybridized carbons (Fsp3) is 0.417. The van der Waals surface area contributed by atoms with E-state index in [1.807, 2.05) is 17.0 Å². The molecule has 0 aliphatic carbocycles. The second kappa shape index (κ2) is 8.27. The highest BCUT2D eigenvalue weighted by molar-refractivity contribution is 8.93. The molecule has 0 aliphatic rings. The first-order valence-electron chi connectivity index (χ1n) is 6.51. The Morgan fingerprint density at radius 1 is 1.43 bits per heavy atom. The van der Waals surface area contributed by atoms with Crippen molar-refractivity contribution in [2.45, 2.75) is 26.8 Å². The molecule has 0 aromatic carbocycles. The zero-order chi connectivity index (χ0) is 16.3. The number of hydrogen-bond donors (Lipinski definition) is 3. The van der Waals surface area contributed by atoms with Crippen LogP contribution >= 0.6 is 36.1 Å². The van der Waals surface area contributed by atoms with Gasteiger partial charge in [0.2, 0.25) is 5.51 Å². The van der Waals surface area contributed by atoms with Gasteiger partial charge in [0.05, 0.1) is 17.0 Å². The van der Waals surface area contributed by atoms with Crippen LogP contribution in [0, 0.1) is 13.8 Å². The highest BCUT2D eigenvalue weighted by Gasteiger charge is 2.19. The Labute approximate surface area is 148 Å². The summed E-state index contributed by atoms with van der Waals surface area (Å²) in [5.74, 6) is 1.08. The van der Waals surface area contributed by atoms with E-state index in [1.165, 1.54) is 11.3 Å². The van der Waals surface area contributed by atoms with Gasteiger partial charge in [0.25, 0.3) is 0 Å². The molecule has 0 atom stereocenters.